The predicted octanol–water partition coefficient (Wildman–Crippen LogP) is 7.19. The molecule has 2 aromatic rings. The van der Waals surface area contributed by atoms with Gasteiger partial charge in [-0.05, 0) is 71.4 Å². The summed E-state index contributed by atoms with van der Waals surface area (Å²) in [6.07, 6.45) is 0.000313. The average molecular weight is 572 g/mol. The first-order valence-electron chi connectivity index (χ1n) is 10.9. The van der Waals surface area contributed by atoms with Crippen molar-refractivity contribution < 1.29 is 18.7 Å². The summed E-state index contributed by atoms with van der Waals surface area (Å²) in [5.41, 5.74) is 0.683. The fourth-order valence-corrected chi connectivity index (χ4v) is 5.70. The molecule has 3 rings (SSSR count). The van der Waals surface area contributed by atoms with E-state index in [-0.39, 0.29) is 28.1 Å². The number of halogens is 3. The van der Waals surface area contributed by atoms with E-state index < -0.39 is 23.6 Å². The quantitative estimate of drug-likeness (QED) is 0.413. The number of fused-ring (bicyclic) bond motifs is 1. The minimum atomic E-state index is -0.843. The van der Waals surface area contributed by atoms with Gasteiger partial charge in [0, 0.05) is 15.7 Å². The molecule has 0 bridgehead atoms. The van der Waals surface area contributed by atoms with Crippen LogP contribution in [0.5, 0.6) is 0 Å². The van der Waals surface area contributed by atoms with Crippen molar-refractivity contribution in [2.75, 3.05) is 10.7 Å². The maximum absolute atomic E-state index is 14.3. The molecule has 0 saturated carbocycles. The molecule has 1 aliphatic heterocycles. The number of hydrogen-bond acceptors (Lipinski definition) is 4. The van der Waals surface area contributed by atoms with Crippen LogP contribution in [0.25, 0.3) is 0 Å². The van der Waals surface area contributed by atoms with Crippen LogP contribution in [0.3, 0.4) is 0 Å². The second-order valence-electron chi connectivity index (χ2n) is 10.2. The molecule has 2 aromatic carbocycles. The molecule has 1 aliphatic rings. The fraction of sp³-hybridized carbons (Fsp3) is 0.440. The van der Waals surface area contributed by atoms with Crippen LogP contribution in [-0.2, 0) is 16.1 Å². The van der Waals surface area contributed by atoms with Gasteiger partial charge in [0.25, 0.3) is 5.91 Å². The number of nitrogens with one attached hydrogen (secondary N) is 1. The average Bonchev–Trinajstić information content (AvgIpc) is 2.80. The van der Waals surface area contributed by atoms with Gasteiger partial charge in [-0.15, -0.1) is 11.8 Å². The van der Waals surface area contributed by atoms with Crippen molar-refractivity contribution in [1.29, 1.82) is 0 Å². The molecule has 5 nitrogen and oxygen atoms in total. The molecule has 184 valence electrons. The monoisotopic (exact) mass is 570 g/mol. The lowest BCUT2D eigenvalue weighted by atomic mass is 9.84. The van der Waals surface area contributed by atoms with E-state index in [9.17, 15) is 14.0 Å². The zero-order chi connectivity index (χ0) is 25.3. The summed E-state index contributed by atoms with van der Waals surface area (Å²) in [7, 11) is 0. The Morgan fingerprint density at radius 1 is 1.24 bits per heavy atom. The lowest BCUT2D eigenvalue weighted by molar-refractivity contribution is -0.120. The lowest BCUT2D eigenvalue weighted by Crippen LogP contribution is -2.50. The van der Waals surface area contributed by atoms with Crippen molar-refractivity contribution in [2.45, 2.75) is 64.1 Å². The third kappa shape index (κ3) is 7.12. The van der Waals surface area contributed by atoms with Gasteiger partial charge in [0.2, 0.25) is 0 Å². The smallest absolute Gasteiger partial charge is 0.408 e. The van der Waals surface area contributed by atoms with E-state index in [2.05, 4.69) is 42.0 Å². The van der Waals surface area contributed by atoms with Crippen molar-refractivity contribution in [3.63, 3.8) is 0 Å². The Hall–Kier alpha value is -1.77. The van der Waals surface area contributed by atoms with Crippen LogP contribution < -0.4 is 10.2 Å². The Labute approximate surface area is 217 Å². The molecule has 0 fully saturated rings. The van der Waals surface area contributed by atoms with Crippen LogP contribution in [0.15, 0.2) is 45.8 Å². The highest BCUT2D eigenvalue weighted by atomic mass is 79.9. The Morgan fingerprint density at radius 2 is 1.88 bits per heavy atom. The summed E-state index contributed by atoms with van der Waals surface area (Å²) in [5, 5.41) is 3.33. The van der Waals surface area contributed by atoms with Crippen LogP contribution in [0.2, 0.25) is 5.02 Å². The molecule has 9 heteroatoms. The van der Waals surface area contributed by atoms with Crippen molar-refractivity contribution in [2.24, 2.45) is 5.41 Å². The number of ether oxygens (including phenoxy) is 1. The molecule has 0 aliphatic carbocycles. The molecule has 0 aromatic heterocycles. The lowest BCUT2D eigenvalue weighted by Gasteiger charge is -2.33. The largest absolute Gasteiger partial charge is 0.444 e. The van der Waals surface area contributed by atoms with Gasteiger partial charge in [0.1, 0.15) is 17.5 Å². The third-order valence-electron chi connectivity index (χ3n) is 5.13. The number of benzene rings is 2. The number of thioether (sulfide) groups is 1. The minimum Gasteiger partial charge on any atom is -0.444 e. The normalized spacial score (nSPS) is 16.6. The topological polar surface area (TPSA) is 58.6 Å². The van der Waals surface area contributed by atoms with Crippen LogP contribution in [0, 0.1) is 11.2 Å². The second kappa shape index (κ2) is 10.5. The number of hydrogen-bond donors (Lipinski definition) is 1. The molecule has 34 heavy (non-hydrogen) atoms. The molecule has 0 saturated heterocycles. The fourth-order valence-electron chi connectivity index (χ4n) is 4.17. The summed E-state index contributed by atoms with van der Waals surface area (Å²) in [6.45, 7) is 10.2. The van der Waals surface area contributed by atoms with Crippen LogP contribution in [0.4, 0.5) is 14.9 Å². The van der Waals surface area contributed by atoms with Crippen molar-refractivity contribution in [1.82, 2.24) is 5.32 Å². The van der Waals surface area contributed by atoms with E-state index in [1.165, 1.54) is 17.8 Å². The maximum atomic E-state index is 14.3. The first-order chi connectivity index (χ1) is 15.7. The van der Waals surface area contributed by atoms with E-state index in [0.29, 0.717) is 22.0 Å². The van der Waals surface area contributed by atoms with E-state index >= 15 is 0 Å². The number of carbonyl (C=O) groups is 2. The molecule has 1 heterocycles. The van der Waals surface area contributed by atoms with Gasteiger partial charge in [0.15, 0.2) is 0 Å². The van der Waals surface area contributed by atoms with Gasteiger partial charge in [-0.25, -0.2) is 9.18 Å². The minimum absolute atomic E-state index is 0.0355. The zero-order valence-electron chi connectivity index (χ0n) is 19.9. The standard InChI is InChI=1S/C25H29BrClFN2O3S/c1-24(2,3)14-25(4,5)33-23(32)29-19-13-34-21-11-18(28)17(26)10-20(21)30(22(19)31)12-15-6-8-16(27)9-7-15/h6-11,19H,12-14H2,1-5H3,(H,29,32)/t19-/m0/s1. The molecular weight excluding hydrogens is 543 g/mol. The highest BCUT2D eigenvalue weighted by Crippen LogP contribution is 2.39. The van der Waals surface area contributed by atoms with Gasteiger partial charge >= 0.3 is 6.09 Å². The van der Waals surface area contributed by atoms with E-state index in [1.807, 2.05) is 26.0 Å². The highest BCUT2D eigenvalue weighted by Gasteiger charge is 2.35. The van der Waals surface area contributed by atoms with Crippen molar-refractivity contribution in [3.8, 4) is 0 Å². The number of nitrogens with zero attached hydrogens (tertiary/aromatic N) is 1. The van der Waals surface area contributed by atoms with Crippen molar-refractivity contribution >= 4 is 57.0 Å². The Morgan fingerprint density at radius 3 is 2.50 bits per heavy atom. The Balaban J connectivity index is 1.86. The van der Waals surface area contributed by atoms with Gasteiger partial charge in [0.05, 0.1) is 16.7 Å². The summed E-state index contributed by atoms with van der Waals surface area (Å²) >= 11 is 10.5. The number of rotatable bonds is 5. The Bertz CT molecular complexity index is 1070. The van der Waals surface area contributed by atoms with Crippen molar-refractivity contribution in [3.05, 3.63) is 57.3 Å². The number of alkyl carbamates (subject to hydrolysis) is 1. The molecule has 0 unspecified atom stereocenters. The molecule has 0 radical (unpaired) electrons. The summed E-state index contributed by atoms with van der Waals surface area (Å²) in [6, 6.07) is 9.32. The number of anilines is 1. The molecule has 1 atom stereocenters. The third-order valence-corrected chi connectivity index (χ3v) is 7.13. The Kier molecular flexibility index (Phi) is 8.26. The van der Waals surface area contributed by atoms with Gasteiger partial charge in [-0.3, -0.25) is 4.79 Å². The van der Waals surface area contributed by atoms with E-state index in [0.717, 1.165) is 5.56 Å². The molecular formula is C25H29BrClFN2O3S. The van der Waals surface area contributed by atoms with Gasteiger partial charge in [-0.1, -0.05) is 44.5 Å². The molecule has 1 N–H and O–H groups in total. The second-order valence-corrected chi connectivity index (χ2v) is 12.5. The zero-order valence-corrected chi connectivity index (χ0v) is 23.0. The predicted molar refractivity (Wildman–Crippen MR) is 139 cm³/mol. The van der Waals surface area contributed by atoms with Crippen LogP contribution in [0.1, 0.15) is 46.6 Å². The SMILES string of the molecule is CC(C)(C)CC(C)(C)OC(=O)N[C@H]1CSc2cc(F)c(Br)cc2N(Cc2ccc(Cl)cc2)C1=O. The van der Waals surface area contributed by atoms with Crippen LogP contribution in [-0.4, -0.2) is 29.4 Å². The summed E-state index contributed by atoms with van der Waals surface area (Å²) in [4.78, 5) is 28.6. The van der Waals surface area contributed by atoms with Crippen LogP contribution >= 0.6 is 39.3 Å². The first-order valence-corrected chi connectivity index (χ1v) is 13.1. The molecule has 2 amide bonds. The summed E-state index contributed by atoms with van der Waals surface area (Å²) < 4.78 is 20.2. The number of amides is 2. The van der Waals surface area contributed by atoms with Gasteiger partial charge < -0.3 is 15.0 Å². The van der Waals surface area contributed by atoms with E-state index in [1.54, 1.807) is 23.1 Å². The molecule has 0 spiro atoms. The van der Waals surface area contributed by atoms with Gasteiger partial charge in [-0.2, -0.15) is 0 Å². The highest BCUT2D eigenvalue weighted by molar-refractivity contribution is 9.10. The summed E-state index contributed by atoms with van der Waals surface area (Å²) in [5.74, 6) is -0.469. The maximum Gasteiger partial charge on any atom is 0.408 e. The number of carbonyl (C=O) groups excluding carboxylic acids is 2. The first kappa shape index (κ1) is 26.8. The van der Waals surface area contributed by atoms with E-state index in [4.69, 9.17) is 16.3 Å².